The molecule has 2 heterocycles. The fourth-order valence-corrected chi connectivity index (χ4v) is 4.70. The Hall–Kier alpha value is -2.43. The maximum Gasteiger partial charge on any atom is 0.416 e. The molecule has 3 N–H and O–H groups in total. The molecule has 2 fully saturated rings. The molecule has 0 bridgehead atoms. The number of hydrogen-bond acceptors (Lipinski definition) is 6. The van der Waals surface area contributed by atoms with Gasteiger partial charge in [0, 0.05) is 18.2 Å². The molecule has 1 saturated carbocycles. The number of likely N-dealkylation sites (N-methyl/N-ethyl adjacent to an activating group) is 1. The lowest BCUT2D eigenvalue weighted by Crippen LogP contribution is -2.41. The second-order valence-electron chi connectivity index (χ2n) is 8.66. The first-order valence-corrected chi connectivity index (χ1v) is 11.2. The zero-order valence-electron chi connectivity index (χ0n) is 18.3. The van der Waals surface area contributed by atoms with Crippen molar-refractivity contribution in [3.8, 4) is 11.3 Å². The van der Waals surface area contributed by atoms with Crippen molar-refractivity contribution in [2.45, 2.75) is 69.0 Å². The highest BCUT2D eigenvalue weighted by atomic mass is 19.4. The van der Waals surface area contributed by atoms with E-state index in [1.54, 1.807) is 7.05 Å². The Balaban J connectivity index is 1.69. The van der Waals surface area contributed by atoms with E-state index in [1.165, 1.54) is 12.1 Å². The van der Waals surface area contributed by atoms with Crippen molar-refractivity contribution in [3.63, 3.8) is 0 Å². The van der Waals surface area contributed by atoms with Crippen LogP contribution < -0.4 is 10.6 Å². The number of rotatable bonds is 6. The Morgan fingerprint density at radius 1 is 1.18 bits per heavy atom. The Kier molecular flexibility index (Phi) is 7.06. The van der Waals surface area contributed by atoms with E-state index in [2.05, 4.69) is 15.8 Å². The van der Waals surface area contributed by atoms with Crippen LogP contribution in [-0.4, -0.2) is 48.1 Å². The molecule has 2 aromatic rings. The van der Waals surface area contributed by atoms with Crippen molar-refractivity contribution in [3.05, 3.63) is 41.1 Å². The highest BCUT2D eigenvalue weighted by Gasteiger charge is 2.36. The summed E-state index contributed by atoms with van der Waals surface area (Å²) in [6, 6.07) is 3.96. The Labute approximate surface area is 189 Å². The van der Waals surface area contributed by atoms with Gasteiger partial charge < -0.3 is 25.0 Å². The van der Waals surface area contributed by atoms with E-state index in [0.29, 0.717) is 30.6 Å². The minimum absolute atomic E-state index is 0.0693. The molecule has 2 aliphatic rings. The van der Waals surface area contributed by atoms with Crippen molar-refractivity contribution in [2.24, 2.45) is 0 Å². The van der Waals surface area contributed by atoms with E-state index in [4.69, 9.17) is 9.26 Å². The normalized spacial score (nSPS) is 24.6. The van der Waals surface area contributed by atoms with Crippen LogP contribution in [0.2, 0.25) is 0 Å². The molecule has 7 nitrogen and oxygen atoms in total. The van der Waals surface area contributed by atoms with Crippen LogP contribution in [0.25, 0.3) is 11.3 Å². The van der Waals surface area contributed by atoms with Crippen LogP contribution in [0.1, 0.15) is 66.2 Å². The number of halogens is 3. The van der Waals surface area contributed by atoms with Gasteiger partial charge in [-0.05, 0) is 57.7 Å². The summed E-state index contributed by atoms with van der Waals surface area (Å²) < 4.78 is 50.4. The molecule has 1 saturated heterocycles. The van der Waals surface area contributed by atoms with Crippen LogP contribution >= 0.6 is 0 Å². The Morgan fingerprint density at radius 3 is 2.55 bits per heavy atom. The van der Waals surface area contributed by atoms with E-state index in [1.807, 2.05) is 0 Å². The van der Waals surface area contributed by atoms with Crippen molar-refractivity contribution in [1.29, 1.82) is 0 Å². The van der Waals surface area contributed by atoms with Crippen LogP contribution in [0, 0.1) is 0 Å². The molecule has 0 spiro atoms. The molecule has 0 radical (unpaired) electrons. The molecule has 1 amide bonds. The van der Waals surface area contributed by atoms with Gasteiger partial charge in [-0.3, -0.25) is 4.79 Å². The second-order valence-corrected chi connectivity index (χ2v) is 8.66. The van der Waals surface area contributed by atoms with Gasteiger partial charge in [0.2, 0.25) is 0 Å². The molecular formula is C23H28F3N3O4. The van der Waals surface area contributed by atoms with Gasteiger partial charge in [0.1, 0.15) is 0 Å². The summed E-state index contributed by atoms with van der Waals surface area (Å²) >= 11 is 0. The monoisotopic (exact) mass is 467 g/mol. The van der Waals surface area contributed by atoms with E-state index in [9.17, 15) is 23.1 Å². The van der Waals surface area contributed by atoms with Crippen molar-refractivity contribution < 1.29 is 32.3 Å². The third kappa shape index (κ3) is 5.23. The molecular weight excluding hydrogens is 439 g/mol. The molecule has 1 aliphatic carbocycles. The minimum Gasteiger partial charge on any atom is -0.393 e. The Morgan fingerprint density at radius 2 is 1.94 bits per heavy atom. The number of benzene rings is 1. The topological polar surface area (TPSA) is 96.6 Å². The molecule has 4 rings (SSSR count). The summed E-state index contributed by atoms with van der Waals surface area (Å²) in [6.07, 6.45) is -0.779. The lowest BCUT2D eigenvalue weighted by Gasteiger charge is -2.27. The van der Waals surface area contributed by atoms with E-state index in [-0.39, 0.29) is 23.6 Å². The first kappa shape index (κ1) is 23.7. The first-order valence-electron chi connectivity index (χ1n) is 11.2. The van der Waals surface area contributed by atoms with Crippen molar-refractivity contribution in [2.75, 3.05) is 13.7 Å². The fourth-order valence-electron chi connectivity index (χ4n) is 4.70. The number of ether oxygens (including phenoxy) is 1. The van der Waals surface area contributed by atoms with Gasteiger partial charge in [0.25, 0.3) is 5.91 Å². The van der Waals surface area contributed by atoms with E-state index < -0.39 is 29.8 Å². The largest absolute Gasteiger partial charge is 0.416 e. The van der Waals surface area contributed by atoms with Crippen molar-refractivity contribution in [1.82, 2.24) is 15.8 Å². The van der Waals surface area contributed by atoms with Crippen LogP contribution in [0.5, 0.6) is 0 Å². The molecule has 4 atom stereocenters. The van der Waals surface area contributed by atoms with E-state index in [0.717, 1.165) is 37.8 Å². The predicted molar refractivity (Wildman–Crippen MR) is 113 cm³/mol. The summed E-state index contributed by atoms with van der Waals surface area (Å²) in [5, 5.41) is 20.1. The van der Waals surface area contributed by atoms with Gasteiger partial charge in [-0.1, -0.05) is 17.3 Å². The third-order valence-corrected chi connectivity index (χ3v) is 6.36. The average molecular weight is 467 g/mol. The number of amides is 1. The molecule has 180 valence electrons. The molecule has 1 aliphatic heterocycles. The molecule has 10 heteroatoms. The minimum atomic E-state index is -4.45. The second kappa shape index (κ2) is 9.82. The standard InChI is InChI=1S/C23H28F3N3O4/c1-27-19(17-6-3-11-32-17)18-20(22(31)28-15-4-2-5-16(30)12-15)29-33-21(18)13-7-9-14(10-8-13)23(24,25)26/h7-10,15-17,19,27,30H,2-6,11-12H2,1H3,(H,28,31)/t15-,16+,17+,19?/m1/s1. The summed E-state index contributed by atoms with van der Waals surface area (Å²) in [7, 11) is 1.73. The summed E-state index contributed by atoms with van der Waals surface area (Å²) in [5.74, 6) is -0.211. The predicted octanol–water partition coefficient (Wildman–Crippen LogP) is 3.83. The van der Waals surface area contributed by atoms with Crippen LogP contribution in [0.3, 0.4) is 0 Å². The molecule has 1 aromatic carbocycles. The molecule has 33 heavy (non-hydrogen) atoms. The van der Waals surface area contributed by atoms with E-state index >= 15 is 0 Å². The van der Waals surface area contributed by atoms with Gasteiger partial charge in [-0.15, -0.1) is 0 Å². The summed E-state index contributed by atoms with van der Waals surface area (Å²) in [5.41, 5.74) is 0.138. The zero-order chi connectivity index (χ0) is 23.6. The van der Waals surface area contributed by atoms with Crippen LogP contribution in [0.15, 0.2) is 28.8 Å². The first-order chi connectivity index (χ1) is 15.8. The number of aliphatic hydroxyl groups excluding tert-OH is 1. The summed E-state index contributed by atoms with van der Waals surface area (Å²) in [4.78, 5) is 13.2. The lowest BCUT2D eigenvalue weighted by atomic mass is 9.92. The maximum absolute atomic E-state index is 13.2. The highest BCUT2D eigenvalue weighted by molar-refractivity contribution is 5.95. The SMILES string of the molecule is CNC(c1c(C(=O)N[C@@H]2CCC[C@H](O)C2)noc1-c1ccc(C(F)(F)F)cc1)[C@@H]1CCCO1. The van der Waals surface area contributed by atoms with Gasteiger partial charge in [-0.2, -0.15) is 13.2 Å². The maximum atomic E-state index is 13.2. The lowest BCUT2D eigenvalue weighted by molar-refractivity contribution is -0.137. The van der Waals surface area contributed by atoms with Crippen LogP contribution in [-0.2, 0) is 10.9 Å². The third-order valence-electron chi connectivity index (χ3n) is 6.36. The zero-order valence-corrected chi connectivity index (χ0v) is 18.3. The number of hydrogen-bond donors (Lipinski definition) is 3. The van der Waals surface area contributed by atoms with Gasteiger partial charge in [0.15, 0.2) is 11.5 Å². The van der Waals surface area contributed by atoms with Crippen LogP contribution in [0.4, 0.5) is 13.2 Å². The number of aliphatic hydroxyl groups is 1. The van der Waals surface area contributed by atoms with Gasteiger partial charge >= 0.3 is 6.18 Å². The molecule has 1 aromatic heterocycles. The highest BCUT2D eigenvalue weighted by Crippen LogP contribution is 2.38. The summed E-state index contributed by atoms with van der Waals surface area (Å²) in [6.45, 7) is 0.589. The quantitative estimate of drug-likeness (QED) is 0.598. The van der Waals surface area contributed by atoms with Gasteiger partial charge in [-0.25, -0.2) is 0 Å². The van der Waals surface area contributed by atoms with Crippen molar-refractivity contribution >= 4 is 5.91 Å². The Bertz CT molecular complexity index is 955. The smallest absolute Gasteiger partial charge is 0.393 e. The number of alkyl halides is 3. The number of nitrogens with one attached hydrogen (secondary N) is 2. The number of nitrogens with zero attached hydrogens (tertiary/aromatic N) is 1. The number of aromatic nitrogens is 1. The number of carbonyl (C=O) groups excluding carboxylic acids is 1. The fraction of sp³-hybridized carbons (Fsp3) is 0.565. The number of carbonyl (C=O) groups is 1. The molecule has 1 unspecified atom stereocenters. The average Bonchev–Trinajstić information content (AvgIpc) is 3.45. The van der Waals surface area contributed by atoms with Gasteiger partial charge in [0.05, 0.1) is 29.4 Å².